The van der Waals surface area contributed by atoms with Crippen molar-refractivity contribution in [3.05, 3.63) is 30.1 Å². The first kappa shape index (κ1) is 13.4. The summed E-state index contributed by atoms with van der Waals surface area (Å²) in [4.78, 5) is 3.95. The Morgan fingerprint density at radius 1 is 1.33 bits per heavy atom. The van der Waals surface area contributed by atoms with Gasteiger partial charge in [-0.05, 0) is 25.5 Å². The Morgan fingerprint density at radius 3 is 2.56 bits per heavy atom. The Balaban J connectivity index is 2.04. The van der Waals surface area contributed by atoms with Gasteiger partial charge in [0, 0.05) is 31.0 Å². The molecule has 2 heterocycles. The molecule has 1 fully saturated rings. The van der Waals surface area contributed by atoms with Gasteiger partial charge >= 0.3 is 0 Å². The summed E-state index contributed by atoms with van der Waals surface area (Å²) in [7, 11) is -3.36. The summed E-state index contributed by atoms with van der Waals surface area (Å²) in [6.07, 6.45) is 3.31. The number of nitrogens with one attached hydrogen (secondary N) is 3. The minimum absolute atomic E-state index is 0.119. The summed E-state index contributed by atoms with van der Waals surface area (Å²) in [6, 6.07) is 3.39. The van der Waals surface area contributed by atoms with Crippen molar-refractivity contribution in [1.29, 1.82) is 0 Å². The Morgan fingerprint density at radius 2 is 2.00 bits per heavy atom. The van der Waals surface area contributed by atoms with Crippen molar-refractivity contribution in [2.24, 2.45) is 0 Å². The standard InChI is InChI=1S/C11H18N4O2S/c1-8-11(9(2)15-14-8)18(16,17)13-7-10-4-3-5-12-6-10/h3-6,8-9,11,13-15H,7H2,1-2H3. The molecule has 1 aromatic heterocycles. The zero-order valence-electron chi connectivity index (χ0n) is 10.4. The molecule has 0 saturated carbocycles. The number of rotatable bonds is 4. The van der Waals surface area contributed by atoms with Gasteiger partial charge in [0.2, 0.25) is 10.0 Å². The first-order valence-electron chi connectivity index (χ1n) is 5.89. The molecule has 0 bridgehead atoms. The molecule has 3 N–H and O–H groups in total. The van der Waals surface area contributed by atoms with Gasteiger partial charge in [-0.15, -0.1) is 0 Å². The summed E-state index contributed by atoms with van der Waals surface area (Å²) in [5, 5.41) is -0.478. The summed E-state index contributed by atoms with van der Waals surface area (Å²) in [6.45, 7) is 3.97. The van der Waals surface area contributed by atoms with Gasteiger partial charge in [-0.1, -0.05) is 6.07 Å². The maximum atomic E-state index is 12.2. The van der Waals surface area contributed by atoms with E-state index in [2.05, 4.69) is 20.6 Å². The number of hydrazine groups is 1. The maximum absolute atomic E-state index is 12.2. The lowest BCUT2D eigenvalue weighted by molar-refractivity contribution is 0.544. The van der Waals surface area contributed by atoms with E-state index in [0.717, 1.165) is 5.56 Å². The third-order valence-electron chi connectivity index (χ3n) is 3.08. The van der Waals surface area contributed by atoms with E-state index in [-0.39, 0.29) is 18.6 Å². The summed E-state index contributed by atoms with van der Waals surface area (Å²) < 4.78 is 27.1. The maximum Gasteiger partial charge on any atom is 0.217 e. The van der Waals surface area contributed by atoms with Gasteiger partial charge in [-0.2, -0.15) is 0 Å². The van der Waals surface area contributed by atoms with Crippen molar-refractivity contribution in [1.82, 2.24) is 20.6 Å². The molecule has 0 aromatic carbocycles. The number of hydrogen-bond donors (Lipinski definition) is 3. The molecule has 2 atom stereocenters. The fourth-order valence-corrected chi connectivity index (χ4v) is 3.95. The first-order valence-corrected chi connectivity index (χ1v) is 7.44. The van der Waals surface area contributed by atoms with Crippen LogP contribution >= 0.6 is 0 Å². The van der Waals surface area contributed by atoms with E-state index in [1.165, 1.54) is 0 Å². The lowest BCUT2D eigenvalue weighted by Gasteiger charge is -2.18. The van der Waals surface area contributed by atoms with Gasteiger partial charge in [0.25, 0.3) is 0 Å². The number of sulfonamides is 1. The zero-order chi connectivity index (χ0) is 13.2. The van der Waals surface area contributed by atoms with Crippen molar-refractivity contribution in [2.45, 2.75) is 37.7 Å². The normalized spacial score (nSPS) is 28.4. The highest BCUT2D eigenvalue weighted by Gasteiger charge is 2.39. The molecule has 2 unspecified atom stereocenters. The average Bonchev–Trinajstić information content (AvgIpc) is 2.69. The Labute approximate surface area is 107 Å². The van der Waals surface area contributed by atoms with E-state index < -0.39 is 15.3 Å². The van der Waals surface area contributed by atoms with Crippen LogP contribution in [0.4, 0.5) is 0 Å². The average molecular weight is 270 g/mol. The number of hydrogen-bond acceptors (Lipinski definition) is 5. The highest BCUT2D eigenvalue weighted by Crippen LogP contribution is 2.14. The largest absolute Gasteiger partial charge is 0.264 e. The molecule has 6 nitrogen and oxygen atoms in total. The summed E-state index contributed by atoms with van der Waals surface area (Å²) >= 11 is 0. The van der Waals surface area contributed by atoms with Crippen LogP contribution in [-0.4, -0.2) is 30.7 Å². The monoisotopic (exact) mass is 270 g/mol. The molecule has 100 valence electrons. The Bertz CT molecular complexity index is 481. The lowest BCUT2D eigenvalue weighted by Crippen LogP contribution is -2.44. The second kappa shape index (κ2) is 5.31. The van der Waals surface area contributed by atoms with Crippen LogP contribution in [0.15, 0.2) is 24.5 Å². The van der Waals surface area contributed by atoms with Crippen molar-refractivity contribution < 1.29 is 8.42 Å². The molecular formula is C11H18N4O2S. The molecule has 0 radical (unpaired) electrons. The molecule has 7 heteroatoms. The van der Waals surface area contributed by atoms with Gasteiger partial charge in [0.15, 0.2) is 0 Å². The molecule has 2 rings (SSSR count). The molecule has 0 aliphatic carbocycles. The smallest absolute Gasteiger partial charge is 0.217 e. The fraction of sp³-hybridized carbons (Fsp3) is 0.545. The summed E-state index contributed by atoms with van der Waals surface area (Å²) in [5.74, 6) is 0. The number of pyridine rings is 1. The van der Waals surface area contributed by atoms with Crippen LogP contribution in [0.1, 0.15) is 19.4 Å². The van der Waals surface area contributed by atoms with E-state index in [9.17, 15) is 8.42 Å². The second-order valence-electron chi connectivity index (χ2n) is 4.56. The van der Waals surface area contributed by atoms with Gasteiger partial charge in [0.05, 0.1) is 0 Å². The highest BCUT2D eigenvalue weighted by atomic mass is 32.2. The zero-order valence-corrected chi connectivity index (χ0v) is 11.2. The van der Waals surface area contributed by atoms with Crippen LogP contribution < -0.4 is 15.6 Å². The minimum atomic E-state index is -3.36. The van der Waals surface area contributed by atoms with Crippen LogP contribution in [0.2, 0.25) is 0 Å². The number of nitrogens with zero attached hydrogens (tertiary/aromatic N) is 1. The quantitative estimate of drug-likeness (QED) is 0.703. The molecule has 1 aromatic rings. The van der Waals surface area contributed by atoms with Gasteiger partial charge in [-0.3, -0.25) is 15.8 Å². The molecule has 0 spiro atoms. The van der Waals surface area contributed by atoms with Crippen LogP contribution in [-0.2, 0) is 16.6 Å². The third kappa shape index (κ3) is 2.86. The van der Waals surface area contributed by atoms with Gasteiger partial charge < -0.3 is 0 Å². The van der Waals surface area contributed by atoms with E-state index >= 15 is 0 Å². The van der Waals surface area contributed by atoms with Crippen molar-refractivity contribution in [2.75, 3.05) is 0 Å². The van der Waals surface area contributed by atoms with Crippen LogP contribution in [0.25, 0.3) is 0 Å². The van der Waals surface area contributed by atoms with Gasteiger partial charge in [0.1, 0.15) is 5.25 Å². The predicted octanol–water partition coefficient (Wildman–Crippen LogP) is -0.246. The highest BCUT2D eigenvalue weighted by molar-refractivity contribution is 7.90. The third-order valence-corrected chi connectivity index (χ3v) is 5.16. The van der Waals surface area contributed by atoms with E-state index in [1.807, 2.05) is 19.9 Å². The van der Waals surface area contributed by atoms with Crippen LogP contribution in [0.3, 0.4) is 0 Å². The second-order valence-corrected chi connectivity index (χ2v) is 6.48. The van der Waals surface area contributed by atoms with E-state index in [0.29, 0.717) is 0 Å². The summed E-state index contributed by atoms with van der Waals surface area (Å²) in [5.41, 5.74) is 6.73. The van der Waals surface area contributed by atoms with Crippen LogP contribution in [0.5, 0.6) is 0 Å². The Kier molecular flexibility index (Phi) is 3.96. The molecule has 18 heavy (non-hydrogen) atoms. The Hall–Kier alpha value is -1.02. The minimum Gasteiger partial charge on any atom is -0.264 e. The topological polar surface area (TPSA) is 83.1 Å². The SMILES string of the molecule is CC1NNC(C)C1S(=O)(=O)NCc1cccnc1. The van der Waals surface area contributed by atoms with E-state index in [1.54, 1.807) is 18.5 Å². The van der Waals surface area contributed by atoms with Crippen molar-refractivity contribution in [3.63, 3.8) is 0 Å². The fourth-order valence-electron chi connectivity index (χ4n) is 2.18. The molecule has 0 amide bonds. The van der Waals surface area contributed by atoms with Crippen LogP contribution in [0, 0.1) is 0 Å². The van der Waals surface area contributed by atoms with E-state index in [4.69, 9.17) is 0 Å². The first-order chi connectivity index (χ1) is 8.50. The molecule has 1 aliphatic heterocycles. The molecular weight excluding hydrogens is 252 g/mol. The number of aromatic nitrogens is 1. The van der Waals surface area contributed by atoms with Gasteiger partial charge in [-0.25, -0.2) is 13.1 Å². The molecule has 1 saturated heterocycles. The van der Waals surface area contributed by atoms with Crippen molar-refractivity contribution in [3.8, 4) is 0 Å². The van der Waals surface area contributed by atoms with Crippen molar-refractivity contribution >= 4 is 10.0 Å². The predicted molar refractivity (Wildman–Crippen MR) is 69.0 cm³/mol. The lowest BCUT2D eigenvalue weighted by atomic mass is 10.2. The molecule has 1 aliphatic rings.